The summed E-state index contributed by atoms with van der Waals surface area (Å²) in [7, 11) is 0. The molecule has 9 heteroatoms. The molecule has 3 aromatic rings. The van der Waals surface area contributed by atoms with Gasteiger partial charge in [-0.1, -0.05) is 6.92 Å². The van der Waals surface area contributed by atoms with Crippen LogP contribution in [0.1, 0.15) is 13.3 Å². The molecular weight excluding hydrogens is 434 g/mol. The molecule has 3 aromatic carbocycles. The summed E-state index contributed by atoms with van der Waals surface area (Å²) in [5.41, 5.74) is 3.99. The molecule has 0 aromatic heterocycles. The first-order chi connectivity index (χ1) is 16.7. The second-order valence-corrected chi connectivity index (χ2v) is 7.36. The smallest absolute Gasteiger partial charge is 0.308 e. The van der Waals surface area contributed by atoms with Gasteiger partial charge < -0.3 is 19.1 Å². The lowest BCUT2D eigenvalue weighted by Gasteiger charge is -2.15. The van der Waals surface area contributed by atoms with Crippen molar-refractivity contribution in [2.75, 3.05) is 31.6 Å². The maximum Gasteiger partial charge on any atom is 0.308 e. The van der Waals surface area contributed by atoms with E-state index < -0.39 is 0 Å². The number of hydrogen-bond donors (Lipinski definition) is 0. The third-order valence-corrected chi connectivity index (χ3v) is 4.95. The van der Waals surface area contributed by atoms with Gasteiger partial charge in [-0.2, -0.15) is 20.5 Å². The Morgan fingerprint density at radius 2 is 1.32 bits per heavy atom. The number of anilines is 1. The van der Waals surface area contributed by atoms with E-state index in [1.54, 1.807) is 31.2 Å². The highest BCUT2D eigenvalue weighted by Gasteiger charge is 2.11. The Morgan fingerprint density at radius 3 is 1.79 bits per heavy atom. The highest BCUT2D eigenvalue weighted by Crippen LogP contribution is 2.26. The van der Waals surface area contributed by atoms with Crippen molar-refractivity contribution in [2.24, 2.45) is 20.5 Å². The van der Waals surface area contributed by atoms with Gasteiger partial charge in [-0.25, -0.2) is 0 Å². The summed E-state index contributed by atoms with van der Waals surface area (Å²) in [5.74, 6) is 0.276. The first kappa shape index (κ1) is 23.1. The van der Waals surface area contributed by atoms with E-state index in [9.17, 15) is 4.79 Å². The van der Waals surface area contributed by atoms with Gasteiger partial charge in [0.1, 0.15) is 12.5 Å². The van der Waals surface area contributed by atoms with Crippen molar-refractivity contribution in [1.82, 2.24) is 0 Å². The van der Waals surface area contributed by atoms with E-state index in [0.29, 0.717) is 30.3 Å². The van der Waals surface area contributed by atoms with E-state index >= 15 is 0 Å². The molecule has 1 aliphatic rings. The summed E-state index contributed by atoms with van der Waals surface area (Å²) in [5, 5.41) is 17.0. The highest BCUT2D eigenvalue weighted by molar-refractivity contribution is 5.68. The summed E-state index contributed by atoms with van der Waals surface area (Å²) in [6.45, 7) is 3.91. The molecule has 0 spiro atoms. The Morgan fingerprint density at radius 1 is 0.824 bits per heavy atom. The standard InChI is InChI=1S/C25H25N5O4/c1-2-25(31)34-18-33-24-13-9-22(10-14-24)29-27-20-5-3-19(4-6-20)26-28-21-7-11-23(12-8-21)30-15-16-32-17-30/h3-14H,2,15-18H2,1H3. The summed E-state index contributed by atoms with van der Waals surface area (Å²) < 4.78 is 15.6. The van der Waals surface area contributed by atoms with Crippen LogP contribution in [0.5, 0.6) is 5.75 Å². The summed E-state index contributed by atoms with van der Waals surface area (Å²) in [6, 6.07) is 22.3. The quantitative estimate of drug-likeness (QED) is 0.204. The van der Waals surface area contributed by atoms with E-state index in [2.05, 4.69) is 25.4 Å². The molecule has 4 rings (SSSR count). The van der Waals surface area contributed by atoms with E-state index in [-0.39, 0.29) is 12.8 Å². The Hall–Kier alpha value is -4.11. The molecule has 0 amide bonds. The molecular formula is C25H25N5O4. The third kappa shape index (κ3) is 6.69. The van der Waals surface area contributed by atoms with E-state index in [1.807, 2.05) is 48.5 Å². The maximum atomic E-state index is 11.1. The molecule has 1 heterocycles. The van der Waals surface area contributed by atoms with Gasteiger partial charge in [0.15, 0.2) is 0 Å². The minimum Gasteiger partial charge on any atom is -0.457 e. The fourth-order valence-electron chi connectivity index (χ4n) is 3.04. The van der Waals surface area contributed by atoms with Crippen LogP contribution in [-0.2, 0) is 14.3 Å². The summed E-state index contributed by atoms with van der Waals surface area (Å²) in [4.78, 5) is 13.3. The van der Waals surface area contributed by atoms with Gasteiger partial charge in [0.25, 0.3) is 0 Å². The predicted molar refractivity (Wildman–Crippen MR) is 128 cm³/mol. The van der Waals surface area contributed by atoms with E-state index in [0.717, 1.165) is 30.2 Å². The average Bonchev–Trinajstić information content (AvgIpc) is 3.43. The average molecular weight is 460 g/mol. The minimum absolute atomic E-state index is 0.115. The monoisotopic (exact) mass is 459 g/mol. The number of hydrogen-bond acceptors (Lipinski definition) is 9. The van der Waals surface area contributed by atoms with Crippen molar-refractivity contribution in [3.8, 4) is 5.75 Å². The van der Waals surface area contributed by atoms with Crippen LogP contribution in [-0.4, -0.2) is 32.6 Å². The number of nitrogens with zero attached hydrogens (tertiary/aromatic N) is 5. The molecule has 0 saturated carbocycles. The zero-order chi connectivity index (χ0) is 23.6. The molecule has 1 saturated heterocycles. The second kappa shape index (κ2) is 11.7. The SMILES string of the molecule is CCC(=O)OCOc1ccc(N=Nc2ccc(N=Nc3ccc(N4CCOC4)cc3)cc2)cc1. The van der Waals surface area contributed by atoms with Crippen molar-refractivity contribution in [2.45, 2.75) is 13.3 Å². The van der Waals surface area contributed by atoms with Crippen molar-refractivity contribution < 1.29 is 19.0 Å². The summed E-state index contributed by atoms with van der Waals surface area (Å²) >= 11 is 0. The zero-order valence-corrected chi connectivity index (χ0v) is 18.8. The fourth-order valence-corrected chi connectivity index (χ4v) is 3.04. The van der Waals surface area contributed by atoms with Gasteiger partial charge in [-0.15, -0.1) is 0 Å². The van der Waals surface area contributed by atoms with E-state index in [4.69, 9.17) is 14.2 Å². The van der Waals surface area contributed by atoms with Crippen molar-refractivity contribution in [3.05, 3.63) is 72.8 Å². The molecule has 0 radical (unpaired) electrons. The first-order valence-electron chi connectivity index (χ1n) is 10.9. The Labute approximate surface area is 197 Å². The van der Waals surface area contributed by atoms with E-state index in [1.165, 1.54) is 0 Å². The fraction of sp³-hybridized carbons (Fsp3) is 0.240. The molecule has 174 valence electrons. The van der Waals surface area contributed by atoms with Crippen LogP contribution in [0.25, 0.3) is 0 Å². The Bertz CT molecular complexity index is 1120. The Balaban J connectivity index is 1.28. The maximum absolute atomic E-state index is 11.1. The first-order valence-corrected chi connectivity index (χ1v) is 10.9. The van der Waals surface area contributed by atoms with Crippen LogP contribution in [0.4, 0.5) is 28.4 Å². The van der Waals surface area contributed by atoms with Crippen LogP contribution < -0.4 is 9.64 Å². The van der Waals surface area contributed by atoms with Gasteiger partial charge >= 0.3 is 5.97 Å². The number of carbonyl (C=O) groups is 1. The normalized spacial score (nSPS) is 13.6. The number of benzene rings is 3. The lowest BCUT2D eigenvalue weighted by Crippen LogP contribution is -2.17. The number of azo groups is 2. The molecule has 0 N–H and O–H groups in total. The van der Waals surface area contributed by atoms with Gasteiger partial charge in [0.2, 0.25) is 6.79 Å². The molecule has 9 nitrogen and oxygen atoms in total. The Kier molecular flexibility index (Phi) is 7.91. The van der Waals surface area contributed by atoms with Crippen LogP contribution >= 0.6 is 0 Å². The molecule has 0 aliphatic carbocycles. The van der Waals surface area contributed by atoms with Crippen LogP contribution in [0.15, 0.2) is 93.3 Å². The minimum atomic E-state index is -0.305. The molecule has 34 heavy (non-hydrogen) atoms. The van der Waals surface area contributed by atoms with Gasteiger partial charge in [0, 0.05) is 18.7 Å². The number of carbonyl (C=O) groups excluding carboxylic acids is 1. The lowest BCUT2D eigenvalue weighted by atomic mass is 10.2. The largest absolute Gasteiger partial charge is 0.457 e. The molecule has 0 bridgehead atoms. The highest BCUT2D eigenvalue weighted by atomic mass is 16.7. The number of rotatable bonds is 9. The van der Waals surface area contributed by atoms with Crippen molar-refractivity contribution in [3.63, 3.8) is 0 Å². The van der Waals surface area contributed by atoms with Gasteiger partial charge in [-0.3, -0.25) is 4.79 Å². The van der Waals surface area contributed by atoms with Gasteiger partial charge in [0.05, 0.1) is 29.4 Å². The molecule has 0 unspecified atom stereocenters. The molecule has 0 atom stereocenters. The molecule has 1 fully saturated rings. The summed E-state index contributed by atoms with van der Waals surface area (Å²) in [6.07, 6.45) is 0.315. The lowest BCUT2D eigenvalue weighted by molar-refractivity contribution is -0.149. The predicted octanol–water partition coefficient (Wildman–Crippen LogP) is 6.60. The zero-order valence-electron chi connectivity index (χ0n) is 18.8. The third-order valence-electron chi connectivity index (χ3n) is 4.95. The topological polar surface area (TPSA) is 97.4 Å². The number of ether oxygens (including phenoxy) is 3. The van der Waals surface area contributed by atoms with Crippen molar-refractivity contribution in [1.29, 1.82) is 0 Å². The number of esters is 1. The van der Waals surface area contributed by atoms with Crippen LogP contribution in [0.2, 0.25) is 0 Å². The van der Waals surface area contributed by atoms with Crippen LogP contribution in [0, 0.1) is 0 Å². The second-order valence-electron chi connectivity index (χ2n) is 7.36. The van der Waals surface area contributed by atoms with Gasteiger partial charge in [-0.05, 0) is 72.8 Å². The molecule has 1 aliphatic heterocycles. The van der Waals surface area contributed by atoms with Crippen LogP contribution in [0.3, 0.4) is 0 Å². The van der Waals surface area contributed by atoms with Crippen molar-refractivity contribution >= 4 is 34.4 Å².